The molecule has 1 aromatic heterocycles. The van der Waals surface area contributed by atoms with Crippen LogP contribution >= 0.6 is 0 Å². The Morgan fingerprint density at radius 3 is 3.00 bits per heavy atom. The van der Waals surface area contributed by atoms with Crippen LogP contribution < -0.4 is 4.73 Å². The highest BCUT2D eigenvalue weighted by atomic mass is 16.5. The molecule has 0 aromatic carbocycles. The zero-order valence-corrected chi connectivity index (χ0v) is 7.48. The van der Waals surface area contributed by atoms with Crippen molar-refractivity contribution in [2.24, 2.45) is 0 Å². The fraction of sp³-hybridized carbons (Fsp3) is 0.375. The van der Waals surface area contributed by atoms with E-state index in [-0.39, 0.29) is 12.3 Å². The summed E-state index contributed by atoms with van der Waals surface area (Å²) >= 11 is 0. The Hall–Kier alpha value is -1.65. The van der Waals surface area contributed by atoms with E-state index < -0.39 is 5.97 Å². The molecule has 0 bridgehead atoms. The predicted molar refractivity (Wildman–Crippen MR) is 43.9 cm³/mol. The van der Waals surface area contributed by atoms with Crippen molar-refractivity contribution in [1.29, 1.82) is 0 Å². The van der Waals surface area contributed by atoms with E-state index in [4.69, 9.17) is 0 Å². The molecule has 0 atom stereocenters. The summed E-state index contributed by atoms with van der Waals surface area (Å²) in [6, 6.07) is 0. The van der Waals surface area contributed by atoms with E-state index in [9.17, 15) is 10.0 Å². The van der Waals surface area contributed by atoms with E-state index in [1.54, 1.807) is 13.8 Å². The van der Waals surface area contributed by atoms with Gasteiger partial charge in [-0.3, -0.25) is 0 Å². The predicted octanol–water partition coefficient (Wildman–Crippen LogP) is 0.200. The normalized spacial score (nSPS) is 9.69. The summed E-state index contributed by atoms with van der Waals surface area (Å²) in [5.41, 5.74) is 0.468. The third-order valence-electron chi connectivity index (χ3n) is 1.46. The molecule has 5 heteroatoms. The molecule has 0 aliphatic rings. The summed E-state index contributed by atoms with van der Waals surface area (Å²) < 4.78 is 5.25. The van der Waals surface area contributed by atoms with Crippen LogP contribution in [0, 0.1) is 12.1 Å². The van der Waals surface area contributed by atoms with Crippen LogP contribution in [0.3, 0.4) is 0 Å². The van der Waals surface area contributed by atoms with Crippen molar-refractivity contribution < 1.29 is 14.3 Å². The smallest absolute Gasteiger partial charge is 0.363 e. The topological polar surface area (TPSA) is 66.1 Å². The molecule has 1 rings (SSSR count). The van der Waals surface area contributed by atoms with Crippen molar-refractivity contribution in [2.45, 2.75) is 13.8 Å². The molecule has 70 valence electrons. The molecule has 0 fully saturated rings. The quantitative estimate of drug-likeness (QED) is 0.372. The second kappa shape index (κ2) is 3.84. The van der Waals surface area contributed by atoms with Crippen LogP contribution in [-0.2, 0) is 4.74 Å². The van der Waals surface area contributed by atoms with E-state index in [2.05, 4.69) is 9.72 Å². The summed E-state index contributed by atoms with van der Waals surface area (Å²) in [5.74, 6) is -0.577. The van der Waals surface area contributed by atoms with Gasteiger partial charge in [0.05, 0.1) is 12.8 Å². The molecule has 0 N–H and O–H groups in total. The van der Waals surface area contributed by atoms with Crippen LogP contribution in [0.1, 0.15) is 23.1 Å². The Kier molecular flexibility index (Phi) is 2.79. The minimum absolute atomic E-state index is 0.0300. The first-order valence-corrected chi connectivity index (χ1v) is 3.88. The van der Waals surface area contributed by atoms with Gasteiger partial charge in [0.1, 0.15) is 0 Å². The van der Waals surface area contributed by atoms with Crippen molar-refractivity contribution >= 4 is 5.97 Å². The van der Waals surface area contributed by atoms with E-state index >= 15 is 0 Å². The highest BCUT2D eigenvalue weighted by Gasteiger charge is 2.12. The van der Waals surface area contributed by atoms with Crippen LogP contribution in [0.2, 0.25) is 0 Å². The van der Waals surface area contributed by atoms with Crippen molar-refractivity contribution in [3.05, 3.63) is 29.0 Å². The van der Waals surface area contributed by atoms with Crippen LogP contribution in [-0.4, -0.2) is 17.6 Å². The Morgan fingerprint density at radius 2 is 2.46 bits per heavy atom. The highest BCUT2D eigenvalue weighted by Crippen LogP contribution is 1.94. The van der Waals surface area contributed by atoms with Gasteiger partial charge < -0.3 is 9.94 Å². The first-order valence-electron chi connectivity index (χ1n) is 3.88. The van der Waals surface area contributed by atoms with Crippen molar-refractivity contribution in [3.63, 3.8) is 0 Å². The number of aryl methyl sites for hydroxylation is 1. The molecule has 1 aromatic rings. The Balaban J connectivity index is 2.90. The number of hydrogen-bond acceptors (Lipinski definition) is 4. The summed E-state index contributed by atoms with van der Waals surface area (Å²) in [6.45, 7) is 3.57. The van der Waals surface area contributed by atoms with Gasteiger partial charge in [-0.15, -0.1) is 0 Å². The molecule has 13 heavy (non-hydrogen) atoms. The number of nitrogens with zero attached hydrogens (tertiary/aromatic N) is 2. The molecule has 0 saturated carbocycles. The highest BCUT2D eigenvalue weighted by molar-refractivity contribution is 5.86. The van der Waals surface area contributed by atoms with Gasteiger partial charge in [0.2, 0.25) is 17.6 Å². The lowest BCUT2D eigenvalue weighted by Gasteiger charge is -2.02. The summed E-state index contributed by atoms with van der Waals surface area (Å²) in [5, 5.41) is 11.0. The maximum Gasteiger partial charge on any atom is 0.363 e. The number of hydrogen-bond donors (Lipinski definition) is 0. The number of rotatable bonds is 2. The standard InChI is InChI=1S/C8H10N2O3/c1-3-13-8(11)7-5-10(12)6(2)4-9-7/h4-5H,3H2,1-2H3. The minimum Gasteiger partial charge on any atom is -0.618 e. The zero-order chi connectivity index (χ0) is 9.84. The molecular weight excluding hydrogens is 172 g/mol. The first-order chi connectivity index (χ1) is 6.15. The van der Waals surface area contributed by atoms with Crippen LogP contribution in [0.5, 0.6) is 0 Å². The van der Waals surface area contributed by atoms with E-state index in [0.717, 1.165) is 6.20 Å². The number of carbonyl (C=O) groups excluding carboxylic acids is 1. The van der Waals surface area contributed by atoms with Crippen LogP contribution in [0.25, 0.3) is 0 Å². The largest absolute Gasteiger partial charge is 0.618 e. The van der Waals surface area contributed by atoms with Gasteiger partial charge >= 0.3 is 5.97 Å². The molecule has 0 amide bonds. The van der Waals surface area contributed by atoms with Crippen LogP contribution in [0.4, 0.5) is 0 Å². The van der Waals surface area contributed by atoms with Crippen molar-refractivity contribution in [1.82, 2.24) is 4.98 Å². The molecule has 0 radical (unpaired) electrons. The van der Waals surface area contributed by atoms with Gasteiger partial charge in [0, 0.05) is 6.92 Å². The van der Waals surface area contributed by atoms with E-state index in [1.165, 1.54) is 6.20 Å². The summed E-state index contributed by atoms with van der Waals surface area (Å²) in [6.07, 6.45) is 2.44. The maximum atomic E-state index is 11.1. The number of aromatic nitrogens is 2. The molecule has 0 spiro atoms. The minimum atomic E-state index is -0.577. The van der Waals surface area contributed by atoms with Gasteiger partial charge in [-0.2, -0.15) is 4.73 Å². The molecule has 1 heterocycles. The SMILES string of the molecule is CCOC(=O)c1c[n+]([O-])c(C)cn1. The van der Waals surface area contributed by atoms with E-state index in [1.807, 2.05) is 0 Å². The molecule has 5 nitrogen and oxygen atoms in total. The molecule has 0 aliphatic heterocycles. The molecule has 0 unspecified atom stereocenters. The van der Waals surface area contributed by atoms with Crippen LogP contribution in [0.15, 0.2) is 12.4 Å². The second-order valence-electron chi connectivity index (χ2n) is 2.46. The zero-order valence-electron chi connectivity index (χ0n) is 7.48. The van der Waals surface area contributed by atoms with Gasteiger partial charge in [-0.05, 0) is 6.92 Å². The number of carbonyl (C=O) groups is 1. The molecule has 0 aliphatic carbocycles. The molecule has 0 saturated heterocycles. The molecular formula is C8H10N2O3. The monoisotopic (exact) mass is 182 g/mol. The lowest BCUT2D eigenvalue weighted by atomic mass is 10.4. The van der Waals surface area contributed by atoms with Crippen molar-refractivity contribution in [2.75, 3.05) is 6.61 Å². The Bertz CT molecular complexity index is 325. The third kappa shape index (κ3) is 2.14. The van der Waals surface area contributed by atoms with Gasteiger partial charge in [-0.1, -0.05) is 0 Å². The van der Waals surface area contributed by atoms with Gasteiger partial charge in [0.25, 0.3) is 0 Å². The first kappa shape index (κ1) is 9.44. The second-order valence-corrected chi connectivity index (χ2v) is 2.46. The van der Waals surface area contributed by atoms with E-state index in [0.29, 0.717) is 10.4 Å². The maximum absolute atomic E-state index is 11.1. The summed E-state index contributed by atoms with van der Waals surface area (Å²) in [7, 11) is 0. The van der Waals surface area contributed by atoms with Crippen molar-refractivity contribution in [3.8, 4) is 0 Å². The number of ether oxygens (including phenoxy) is 1. The lowest BCUT2D eigenvalue weighted by Crippen LogP contribution is -2.31. The fourth-order valence-corrected chi connectivity index (χ4v) is 0.777. The van der Waals surface area contributed by atoms with Gasteiger partial charge in [-0.25, -0.2) is 9.78 Å². The number of esters is 1. The fourth-order valence-electron chi connectivity index (χ4n) is 0.777. The van der Waals surface area contributed by atoms with Gasteiger partial charge in [0.15, 0.2) is 0 Å². The summed E-state index contributed by atoms with van der Waals surface area (Å²) in [4.78, 5) is 14.8. The average molecular weight is 182 g/mol. The average Bonchev–Trinajstić information content (AvgIpc) is 2.10. The third-order valence-corrected chi connectivity index (χ3v) is 1.46. The Labute approximate surface area is 75.6 Å². The Morgan fingerprint density at radius 1 is 1.77 bits per heavy atom. The lowest BCUT2D eigenvalue weighted by molar-refractivity contribution is -0.613.